The summed E-state index contributed by atoms with van der Waals surface area (Å²) in [5.41, 5.74) is 5.62. The van der Waals surface area contributed by atoms with Gasteiger partial charge in [0.1, 0.15) is 6.26 Å². The molecule has 0 aliphatic heterocycles. The van der Waals surface area contributed by atoms with Gasteiger partial charge in [0.05, 0.1) is 5.69 Å². The lowest BCUT2D eigenvalue weighted by molar-refractivity contribution is 0.250. The summed E-state index contributed by atoms with van der Waals surface area (Å²) in [4.78, 5) is 13.8. The molecule has 1 aromatic rings. The number of carbonyl (C=O) groups excluding carboxylic acids is 1. The maximum absolute atomic E-state index is 9.82. The number of primary amides is 1. The SMILES string of the molecule is C=CCNC(N)=O.Cc1coc(C)n1. The first kappa shape index (κ1) is 12.2. The third kappa shape index (κ3) is 6.90. The highest BCUT2D eigenvalue weighted by Gasteiger charge is 1.87. The molecule has 0 aromatic carbocycles. The Labute approximate surface area is 83.0 Å². The highest BCUT2D eigenvalue weighted by atomic mass is 16.3. The summed E-state index contributed by atoms with van der Waals surface area (Å²) in [5.74, 6) is 0.734. The second kappa shape index (κ2) is 6.71. The van der Waals surface area contributed by atoms with Crippen LogP contribution in [0.25, 0.3) is 0 Å². The van der Waals surface area contributed by atoms with E-state index in [0.29, 0.717) is 6.54 Å². The van der Waals surface area contributed by atoms with E-state index in [4.69, 9.17) is 4.42 Å². The van der Waals surface area contributed by atoms with Gasteiger partial charge < -0.3 is 15.5 Å². The third-order valence-electron chi connectivity index (χ3n) is 1.15. The van der Waals surface area contributed by atoms with E-state index in [1.54, 1.807) is 12.3 Å². The predicted octanol–water partition coefficient (Wildman–Crippen LogP) is 1.13. The molecule has 1 aromatic heterocycles. The van der Waals surface area contributed by atoms with Crippen LogP contribution in [0.1, 0.15) is 11.6 Å². The maximum Gasteiger partial charge on any atom is 0.312 e. The molecule has 14 heavy (non-hydrogen) atoms. The number of oxazole rings is 1. The Morgan fingerprint density at radius 2 is 2.43 bits per heavy atom. The average molecular weight is 197 g/mol. The van der Waals surface area contributed by atoms with Gasteiger partial charge in [0.2, 0.25) is 0 Å². The van der Waals surface area contributed by atoms with Gasteiger partial charge >= 0.3 is 6.03 Å². The maximum atomic E-state index is 9.82. The Kier molecular flexibility index (Phi) is 5.85. The van der Waals surface area contributed by atoms with Crippen LogP contribution >= 0.6 is 0 Å². The van der Waals surface area contributed by atoms with Gasteiger partial charge in [0.25, 0.3) is 0 Å². The van der Waals surface area contributed by atoms with Crippen LogP contribution in [-0.2, 0) is 0 Å². The smallest absolute Gasteiger partial charge is 0.312 e. The first-order valence-corrected chi connectivity index (χ1v) is 4.09. The fourth-order valence-corrected chi connectivity index (χ4v) is 0.644. The van der Waals surface area contributed by atoms with Crippen molar-refractivity contribution in [2.24, 2.45) is 5.73 Å². The number of rotatable bonds is 2. The van der Waals surface area contributed by atoms with E-state index in [0.717, 1.165) is 11.6 Å². The fraction of sp³-hybridized carbons (Fsp3) is 0.333. The van der Waals surface area contributed by atoms with Gasteiger partial charge in [-0.15, -0.1) is 6.58 Å². The molecule has 2 amide bonds. The summed E-state index contributed by atoms with van der Waals surface area (Å²) in [6, 6.07) is -0.514. The molecule has 3 N–H and O–H groups in total. The van der Waals surface area contributed by atoms with E-state index in [-0.39, 0.29) is 0 Å². The molecule has 1 rings (SSSR count). The number of aromatic nitrogens is 1. The van der Waals surface area contributed by atoms with Crippen molar-refractivity contribution in [1.29, 1.82) is 0 Å². The molecule has 0 saturated heterocycles. The number of carbonyl (C=O) groups is 1. The number of nitrogens with one attached hydrogen (secondary N) is 1. The highest BCUT2D eigenvalue weighted by Crippen LogP contribution is 1.95. The number of hydrogen-bond donors (Lipinski definition) is 2. The molecule has 0 radical (unpaired) electrons. The number of aryl methyl sites for hydroxylation is 2. The van der Waals surface area contributed by atoms with E-state index in [9.17, 15) is 4.79 Å². The van der Waals surface area contributed by atoms with Crippen molar-refractivity contribution < 1.29 is 9.21 Å². The van der Waals surface area contributed by atoms with Gasteiger partial charge in [-0.1, -0.05) is 6.08 Å². The second-order valence-electron chi connectivity index (χ2n) is 2.54. The second-order valence-corrected chi connectivity index (χ2v) is 2.54. The summed E-state index contributed by atoms with van der Waals surface area (Å²) >= 11 is 0. The van der Waals surface area contributed by atoms with Gasteiger partial charge in [0, 0.05) is 13.5 Å². The Morgan fingerprint density at radius 3 is 2.57 bits per heavy atom. The molecule has 0 aliphatic rings. The Morgan fingerprint density at radius 1 is 1.79 bits per heavy atom. The van der Waals surface area contributed by atoms with Gasteiger partial charge in [0.15, 0.2) is 5.89 Å². The van der Waals surface area contributed by atoms with E-state index in [1.165, 1.54) is 0 Å². The summed E-state index contributed by atoms with van der Waals surface area (Å²) in [7, 11) is 0. The Hall–Kier alpha value is -1.78. The zero-order valence-electron chi connectivity index (χ0n) is 8.41. The summed E-state index contributed by atoms with van der Waals surface area (Å²) in [6.45, 7) is 7.53. The number of amides is 2. The van der Waals surface area contributed by atoms with E-state index in [2.05, 4.69) is 22.6 Å². The van der Waals surface area contributed by atoms with Gasteiger partial charge in [-0.2, -0.15) is 0 Å². The molecule has 0 aliphatic carbocycles. The summed E-state index contributed by atoms with van der Waals surface area (Å²) in [5, 5.41) is 2.32. The predicted molar refractivity (Wildman–Crippen MR) is 53.8 cm³/mol. The van der Waals surface area contributed by atoms with E-state index in [1.807, 2.05) is 13.8 Å². The largest absolute Gasteiger partial charge is 0.449 e. The van der Waals surface area contributed by atoms with Crippen molar-refractivity contribution >= 4 is 6.03 Å². The quantitative estimate of drug-likeness (QED) is 0.697. The third-order valence-corrected chi connectivity index (χ3v) is 1.15. The first-order valence-electron chi connectivity index (χ1n) is 4.09. The summed E-state index contributed by atoms with van der Waals surface area (Å²) in [6.07, 6.45) is 3.19. The van der Waals surface area contributed by atoms with Crippen molar-refractivity contribution in [1.82, 2.24) is 10.3 Å². The highest BCUT2D eigenvalue weighted by molar-refractivity contribution is 5.71. The molecule has 0 bridgehead atoms. The number of nitrogens with zero attached hydrogens (tertiary/aromatic N) is 1. The number of hydrogen-bond acceptors (Lipinski definition) is 3. The lowest BCUT2D eigenvalue weighted by Gasteiger charge is -1.90. The van der Waals surface area contributed by atoms with Crippen LogP contribution < -0.4 is 11.1 Å². The minimum Gasteiger partial charge on any atom is -0.449 e. The van der Waals surface area contributed by atoms with Crippen molar-refractivity contribution in [3.8, 4) is 0 Å². The molecule has 5 nitrogen and oxygen atoms in total. The fourth-order valence-electron chi connectivity index (χ4n) is 0.644. The van der Waals surface area contributed by atoms with Crippen LogP contribution in [0.5, 0.6) is 0 Å². The molecule has 0 atom stereocenters. The monoisotopic (exact) mass is 197 g/mol. The van der Waals surface area contributed by atoms with Crippen molar-refractivity contribution in [3.63, 3.8) is 0 Å². The normalized spacial score (nSPS) is 8.43. The lowest BCUT2D eigenvalue weighted by Crippen LogP contribution is -2.28. The molecular weight excluding hydrogens is 182 g/mol. The lowest BCUT2D eigenvalue weighted by atomic mass is 10.6. The molecule has 0 unspecified atom stereocenters. The van der Waals surface area contributed by atoms with Crippen LogP contribution in [-0.4, -0.2) is 17.6 Å². The number of nitrogens with two attached hydrogens (primary N) is 1. The molecule has 5 heteroatoms. The number of urea groups is 1. The van der Waals surface area contributed by atoms with E-state index >= 15 is 0 Å². The molecule has 0 spiro atoms. The van der Waals surface area contributed by atoms with Crippen LogP contribution in [0.4, 0.5) is 4.79 Å². The van der Waals surface area contributed by atoms with Gasteiger partial charge in [-0.05, 0) is 6.92 Å². The Bertz CT molecular complexity index is 278. The van der Waals surface area contributed by atoms with Gasteiger partial charge in [-0.25, -0.2) is 9.78 Å². The minimum atomic E-state index is -0.514. The van der Waals surface area contributed by atoms with Crippen molar-refractivity contribution in [2.45, 2.75) is 13.8 Å². The molecule has 1 heterocycles. The zero-order valence-corrected chi connectivity index (χ0v) is 8.41. The Balaban J connectivity index is 0.000000241. The molecule has 0 fully saturated rings. The van der Waals surface area contributed by atoms with Crippen LogP contribution in [0.3, 0.4) is 0 Å². The summed E-state index contributed by atoms with van der Waals surface area (Å²) < 4.78 is 4.85. The van der Waals surface area contributed by atoms with Crippen molar-refractivity contribution in [3.05, 3.63) is 30.5 Å². The van der Waals surface area contributed by atoms with E-state index < -0.39 is 6.03 Å². The molecular formula is C9H15N3O2. The molecule has 0 saturated carbocycles. The van der Waals surface area contributed by atoms with Crippen molar-refractivity contribution in [2.75, 3.05) is 6.54 Å². The topological polar surface area (TPSA) is 81.1 Å². The van der Waals surface area contributed by atoms with Crippen LogP contribution in [0.2, 0.25) is 0 Å². The standard InChI is InChI=1S/C5H7NO.C4H8N2O/c1-4-3-7-5(2)6-4;1-2-3-6-4(5)7/h3H,1-2H3;2H,1,3H2,(H3,5,6,7). The van der Waals surface area contributed by atoms with Gasteiger partial charge in [-0.3, -0.25) is 0 Å². The van der Waals surface area contributed by atoms with Crippen LogP contribution in [0, 0.1) is 13.8 Å². The molecule has 78 valence electrons. The zero-order chi connectivity index (χ0) is 11.0. The average Bonchev–Trinajstić information content (AvgIpc) is 2.47. The first-order chi connectivity index (χ1) is 6.56. The van der Waals surface area contributed by atoms with Crippen LogP contribution in [0.15, 0.2) is 23.3 Å². The minimum absolute atomic E-state index is 0.440.